The number of anilines is 1. The number of piperidine rings is 1. The minimum atomic E-state index is 0.437. The fourth-order valence-electron chi connectivity index (χ4n) is 2.62. The van der Waals surface area contributed by atoms with Crippen LogP contribution in [0.2, 0.25) is 0 Å². The van der Waals surface area contributed by atoms with Crippen LogP contribution in [-0.2, 0) is 0 Å². The Morgan fingerprint density at radius 1 is 1.45 bits per heavy atom. The van der Waals surface area contributed by atoms with Crippen LogP contribution < -0.4 is 10.1 Å². The van der Waals surface area contributed by atoms with E-state index in [0.717, 1.165) is 31.6 Å². The number of nitrogens with one attached hydrogen (secondary N) is 1. The van der Waals surface area contributed by atoms with Gasteiger partial charge in [-0.05, 0) is 39.3 Å². The van der Waals surface area contributed by atoms with Gasteiger partial charge in [-0.1, -0.05) is 13.8 Å². The van der Waals surface area contributed by atoms with Gasteiger partial charge in [-0.15, -0.1) is 0 Å². The van der Waals surface area contributed by atoms with Crippen LogP contribution in [0.15, 0.2) is 6.07 Å². The van der Waals surface area contributed by atoms with E-state index in [1.54, 1.807) is 0 Å². The van der Waals surface area contributed by atoms with Gasteiger partial charge in [0.15, 0.2) is 0 Å². The van der Waals surface area contributed by atoms with Crippen molar-refractivity contribution in [2.75, 3.05) is 32.1 Å². The molecular weight excluding hydrogens is 252 g/mol. The van der Waals surface area contributed by atoms with Crippen molar-refractivity contribution in [1.29, 1.82) is 0 Å². The van der Waals surface area contributed by atoms with E-state index in [1.165, 1.54) is 0 Å². The molecule has 5 nitrogen and oxygen atoms in total. The Hall–Kier alpha value is -1.36. The Bertz CT molecular complexity index is 438. The molecule has 1 aliphatic rings. The number of likely N-dealkylation sites (tertiary alicyclic amines) is 1. The fraction of sp³-hybridized carbons (Fsp3) is 0.733. The molecule has 0 bridgehead atoms. The number of rotatable bonds is 5. The molecule has 5 heteroatoms. The van der Waals surface area contributed by atoms with Crippen LogP contribution in [0.4, 0.5) is 5.95 Å². The first kappa shape index (κ1) is 15.0. The summed E-state index contributed by atoms with van der Waals surface area (Å²) < 4.78 is 5.61. The van der Waals surface area contributed by atoms with Crippen molar-refractivity contribution in [2.24, 2.45) is 5.92 Å². The standard InChI is InChI=1S/C15H26N4O/c1-5-8-20-14-9-12(3)16-15(18-14)17-13-6-7-19(4)10-11(13)2/h9,11,13H,5-8,10H2,1-4H3,(H,16,17,18). The first-order valence-electron chi connectivity index (χ1n) is 7.52. The number of ether oxygens (including phenoxy) is 1. The molecule has 1 aromatic heterocycles. The Morgan fingerprint density at radius 3 is 2.95 bits per heavy atom. The smallest absolute Gasteiger partial charge is 0.226 e. The minimum absolute atomic E-state index is 0.437. The zero-order chi connectivity index (χ0) is 14.5. The van der Waals surface area contributed by atoms with E-state index in [9.17, 15) is 0 Å². The monoisotopic (exact) mass is 278 g/mol. The number of hydrogen-bond donors (Lipinski definition) is 1. The summed E-state index contributed by atoms with van der Waals surface area (Å²) in [5, 5.41) is 3.48. The Kier molecular flexibility index (Phi) is 5.17. The first-order valence-corrected chi connectivity index (χ1v) is 7.52. The molecule has 1 saturated heterocycles. The quantitative estimate of drug-likeness (QED) is 0.896. The molecule has 1 N–H and O–H groups in total. The van der Waals surface area contributed by atoms with Crippen LogP contribution in [0, 0.1) is 12.8 Å². The van der Waals surface area contributed by atoms with Crippen molar-refractivity contribution in [3.05, 3.63) is 11.8 Å². The second-order valence-corrected chi connectivity index (χ2v) is 5.80. The van der Waals surface area contributed by atoms with Gasteiger partial charge in [0.1, 0.15) is 0 Å². The molecule has 0 amide bonds. The van der Waals surface area contributed by atoms with Crippen LogP contribution in [0.3, 0.4) is 0 Å². The van der Waals surface area contributed by atoms with Gasteiger partial charge >= 0.3 is 0 Å². The normalized spacial score (nSPS) is 23.6. The fourth-order valence-corrected chi connectivity index (χ4v) is 2.62. The molecule has 0 spiro atoms. The SMILES string of the molecule is CCCOc1cc(C)nc(NC2CCN(C)CC2C)n1. The molecule has 2 rings (SSSR count). The summed E-state index contributed by atoms with van der Waals surface area (Å²) in [4.78, 5) is 11.3. The number of aromatic nitrogens is 2. The third-order valence-electron chi connectivity index (χ3n) is 3.71. The highest BCUT2D eigenvalue weighted by Crippen LogP contribution is 2.20. The van der Waals surface area contributed by atoms with Crippen LogP contribution >= 0.6 is 0 Å². The summed E-state index contributed by atoms with van der Waals surface area (Å²) in [6.45, 7) is 9.27. The minimum Gasteiger partial charge on any atom is -0.478 e. The second-order valence-electron chi connectivity index (χ2n) is 5.80. The number of aryl methyl sites for hydroxylation is 1. The molecule has 1 fully saturated rings. The van der Waals surface area contributed by atoms with E-state index < -0.39 is 0 Å². The lowest BCUT2D eigenvalue weighted by Gasteiger charge is -2.35. The predicted octanol–water partition coefficient (Wildman–Crippen LogP) is 2.33. The number of hydrogen-bond acceptors (Lipinski definition) is 5. The summed E-state index contributed by atoms with van der Waals surface area (Å²) in [6, 6.07) is 2.32. The second kappa shape index (κ2) is 6.88. The summed E-state index contributed by atoms with van der Waals surface area (Å²) in [5.41, 5.74) is 0.939. The highest BCUT2D eigenvalue weighted by Gasteiger charge is 2.24. The van der Waals surface area contributed by atoms with Gasteiger partial charge < -0.3 is 15.0 Å². The molecular formula is C15H26N4O. The summed E-state index contributed by atoms with van der Waals surface area (Å²) in [5.74, 6) is 1.96. The lowest BCUT2D eigenvalue weighted by molar-refractivity contribution is 0.205. The predicted molar refractivity (Wildman–Crippen MR) is 81.2 cm³/mol. The Balaban J connectivity index is 2.03. The molecule has 20 heavy (non-hydrogen) atoms. The molecule has 2 atom stereocenters. The van der Waals surface area contributed by atoms with Crippen molar-refractivity contribution in [1.82, 2.24) is 14.9 Å². The third-order valence-corrected chi connectivity index (χ3v) is 3.71. The van der Waals surface area contributed by atoms with Gasteiger partial charge in [-0.25, -0.2) is 4.98 Å². The summed E-state index contributed by atoms with van der Waals surface area (Å²) in [7, 11) is 2.17. The Morgan fingerprint density at radius 2 is 2.25 bits per heavy atom. The van der Waals surface area contributed by atoms with Crippen molar-refractivity contribution < 1.29 is 4.74 Å². The molecule has 1 aliphatic heterocycles. The van der Waals surface area contributed by atoms with Gasteiger partial charge in [0, 0.05) is 24.3 Å². The summed E-state index contributed by atoms with van der Waals surface area (Å²) in [6.07, 6.45) is 2.11. The van der Waals surface area contributed by atoms with E-state index in [4.69, 9.17) is 4.74 Å². The molecule has 2 unspecified atom stereocenters. The molecule has 2 heterocycles. The average Bonchev–Trinajstić information content (AvgIpc) is 2.39. The lowest BCUT2D eigenvalue weighted by atomic mass is 9.94. The van der Waals surface area contributed by atoms with Crippen molar-refractivity contribution >= 4 is 5.95 Å². The molecule has 0 saturated carbocycles. The molecule has 112 valence electrons. The highest BCUT2D eigenvalue weighted by molar-refractivity contribution is 5.32. The molecule has 0 aliphatic carbocycles. The lowest BCUT2D eigenvalue weighted by Crippen LogP contribution is -2.43. The van der Waals surface area contributed by atoms with E-state index in [2.05, 4.69) is 41.1 Å². The molecule has 0 radical (unpaired) electrons. The van der Waals surface area contributed by atoms with E-state index in [0.29, 0.717) is 30.4 Å². The summed E-state index contributed by atoms with van der Waals surface area (Å²) >= 11 is 0. The molecule has 0 aromatic carbocycles. The Labute approximate surface area is 121 Å². The van der Waals surface area contributed by atoms with Gasteiger partial charge in [0.2, 0.25) is 11.8 Å². The van der Waals surface area contributed by atoms with Crippen LogP contribution in [0.5, 0.6) is 5.88 Å². The van der Waals surface area contributed by atoms with Gasteiger partial charge in [-0.2, -0.15) is 4.98 Å². The zero-order valence-corrected chi connectivity index (χ0v) is 13.0. The van der Waals surface area contributed by atoms with Gasteiger partial charge in [0.05, 0.1) is 6.61 Å². The maximum absolute atomic E-state index is 5.61. The maximum atomic E-state index is 5.61. The maximum Gasteiger partial charge on any atom is 0.226 e. The molecule has 1 aromatic rings. The zero-order valence-electron chi connectivity index (χ0n) is 13.0. The van der Waals surface area contributed by atoms with Gasteiger partial charge in [0.25, 0.3) is 0 Å². The topological polar surface area (TPSA) is 50.3 Å². The average molecular weight is 278 g/mol. The van der Waals surface area contributed by atoms with Crippen molar-refractivity contribution in [3.8, 4) is 5.88 Å². The van der Waals surface area contributed by atoms with E-state index in [1.807, 2.05) is 13.0 Å². The van der Waals surface area contributed by atoms with Gasteiger partial charge in [-0.3, -0.25) is 0 Å². The number of nitrogens with zero attached hydrogens (tertiary/aromatic N) is 3. The largest absolute Gasteiger partial charge is 0.478 e. The van der Waals surface area contributed by atoms with Crippen LogP contribution in [0.25, 0.3) is 0 Å². The van der Waals surface area contributed by atoms with E-state index >= 15 is 0 Å². The third kappa shape index (κ3) is 4.07. The van der Waals surface area contributed by atoms with Crippen molar-refractivity contribution in [2.45, 2.75) is 39.7 Å². The van der Waals surface area contributed by atoms with Crippen LogP contribution in [-0.4, -0.2) is 47.7 Å². The van der Waals surface area contributed by atoms with Crippen molar-refractivity contribution in [3.63, 3.8) is 0 Å². The van der Waals surface area contributed by atoms with Crippen LogP contribution in [0.1, 0.15) is 32.4 Å². The van der Waals surface area contributed by atoms with E-state index in [-0.39, 0.29) is 0 Å². The first-order chi connectivity index (χ1) is 9.58. The highest BCUT2D eigenvalue weighted by atomic mass is 16.5.